The molecule has 0 unspecified atom stereocenters. The number of benzene rings is 1. The Hall–Kier alpha value is -1.68. The Balaban J connectivity index is 2.39. The normalized spacial score (nSPS) is 10.8. The van der Waals surface area contributed by atoms with E-state index in [4.69, 9.17) is 4.74 Å². The van der Waals surface area contributed by atoms with Crippen molar-refractivity contribution in [1.29, 1.82) is 0 Å². The molecule has 3 nitrogen and oxygen atoms in total. The van der Waals surface area contributed by atoms with Crippen LogP contribution in [0, 0.1) is 5.92 Å². The summed E-state index contributed by atoms with van der Waals surface area (Å²) in [6, 6.07) is 9.93. The molecule has 1 aromatic carbocycles. The third kappa shape index (κ3) is 3.45. The van der Waals surface area contributed by atoms with E-state index in [0.717, 1.165) is 21.9 Å². The molecule has 20 heavy (non-hydrogen) atoms. The first-order valence-electron chi connectivity index (χ1n) is 6.84. The monoisotopic (exact) mass is 289 g/mol. The molecule has 0 aliphatic rings. The van der Waals surface area contributed by atoms with Crippen LogP contribution in [-0.4, -0.2) is 17.6 Å². The first-order chi connectivity index (χ1) is 9.61. The van der Waals surface area contributed by atoms with Crippen molar-refractivity contribution in [3.63, 3.8) is 0 Å². The topological polar surface area (TPSA) is 39.2 Å². The Kier molecular flexibility index (Phi) is 4.90. The van der Waals surface area contributed by atoms with Crippen molar-refractivity contribution >= 4 is 17.3 Å². The van der Waals surface area contributed by atoms with Gasteiger partial charge in [-0.1, -0.05) is 44.2 Å². The molecule has 0 spiro atoms. The van der Waals surface area contributed by atoms with Crippen LogP contribution < -0.4 is 0 Å². The minimum Gasteiger partial charge on any atom is -0.461 e. The van der Waals surface area contributed by atoms with Gasteiger partial charge in [0.25, 0.3) is 0 Å². The molecule has 4 heteroatoms. The zero-order chi connectivity index (χ0) is 14.5. The van der Waals surface area contributed by atoms with E-state index < -0.39 is 0 Å². The number of thiazole rings is 1. The second-order valence-electron chi connectivity index (χ2n) is 4.98. The third-order valence-corrected chi connectivity index (χ3v) is 3.91. The van der Waals surface area contributed by atoms with Gasteiger partial charge in [0.1, 0.15) is 5.01 Å². The summed E-state index contributed by atoms with van der Waals surface area (Å²) in [5, 5.41) is 0.879. The molecule has 0 saturated heterocycles. The van der Waals surface area contributed by atoms with E-state index in [1.165, 1.54) is 0 Å². The maximum Gasteiger partial charge on any atom is 0.358 e. The molecule has 0 radical (unpaired) electrons. The fraction of sp³-hybridized carbons (Fsp3) is 0.375. The van der Waals surface area contributed by atoms with E-state index in [1.807, 2.05) is 37.3 Å². The fourth-order valence-electron chi connectivity index (χ4n) is 1.92. The Bertz CT molecular complexity index is 575. The van der Waals surface area contributed by atoms with Crippen LogP contribution in [0.5, 0.6) is 0 Å². The van der Waals surface area contributed by atoms with E-state index in [2.05, 4.69) is 18.8 Å². The molecule has 0 bridgehead atoms. The Labute approximate surface area is 123 Å². The van der Waals surface area contributed by atoms with Crippen LogP contribution in [0.25, 0.3) is 10.6 Å². The van der Waals surface area contributed by atoms with E-state index >= 15 is 0 Å². The van der Waals surface area contributed by atoms with Crippen molar-refractivity contribution in [2.75, 3.05) is 6.61 Å². The SMILES string of the molecule is CCOC(=O)c1nc(-c2ccccc2)sc1CC(C)C. The summed E-state index contributed by atoms with van der Waals surface area (Å²) in [6.07, 6.45) is 0.846. The average Bonchev–Trinajstić information content (AvgIpc) is 2.83. The Morgan fingerprint density at radius 2 is 2.00 bits per heavy atom. The molecule has 0 N–H and O–H groups in total. The van der Waals surface area contributed by atoms with Crippen LogP contribution in [0.15, 0.2) is 30.3 Å². The van der Waals surface area contributed by atoms with Gasteiger partial charge in [-0.2, -0.15) is 0 Å². The predicted molar refractivity (Wildman–Crippen MR) is 82.0 cm³/mol. The molecule has 2 aromatic rings. The number of ether oxygens (including phenoxy) is 1. The minimum absolute atomic E-state index is 0.318. The molecule has 2 rings (SSSR count). The highest BCUT2D eigenvalue weighted by molar-refractivity contribution is 7.15. The van der Waals surface area contributed by atoms with Crippen LogP contribution in [0.3, 0.4) is 0 Å². The Morgan fingerprint density at radius 3 is 2.60 bits per heavy atom. The molecule has 0 aliphatic carbocycles. The number of rotatable bonds is 5. The van der Waals surface area contributed by atoms with Crippen molar-refractivity contribution in [3.8, 4) is 10.6 Å². The van der Waals surface area contributed by atoms with Gasteiger partial charge in [0.2, 0.25) is 0 Å². The summed E-state index contributed by atoms with van der Waals surface area (Å²) in [5.74, 6) is 0.161. The van der Waals surface area contributed by atoms with E-state index in [1.54, 1.807) is 11.3 Å². The molecule has 1 aromatic heterocycles. The zero-order valence-electron chi connectivity index (χ0n) is 12.1. The van der Waals surface area contributed by atoms with Crippen LogP contribution in [-0.2, 0) is 11.2 Å². The lowest BCUT2D eigenvalue weighted by atomic mass is 10.1. The minimum atomic E-state index is -0.318. The second-order valence-corrected chi connectivity index (χ2v) is 6.06. The molecule has 0 amide bonds. The number of nitrogens with zero attached hydrogens (tertiary/aromatic N) is 1. The predicted octanol–water partition coefficient (Wildman–Crippen LogP) is 4.19. The van der Waals surface area contributed by atoms with Crippen LogP contribution in [0.4, 0.5) is 0 Å². The standard InChI is InChI=1S/C16H19NO2S/c1-4-19-16(18)14-13(10-11(2)3)20-15(17-14)12-8-6-5-7-9-12/h5-9,11H,4,10H2,1-3H3. The van der Waals surface area contributed by atoms with Gasteiger partial charge in [-0.05, 0) is 19.3 Å². The molecule has 1 heterocycles. The van der Waals surface area contributed by atoms with Gasteiger partial charge in [0.15, 0.2) is 5.69 Å². The fourth-order valence-corrected chi connectivity index (χ4v) is 3.19. The summed E-state index contributed by atoms with van der Waals surface area (Å²) in [5.41, 5.74) is 1.52. The maximum atomic E-state index is 12.0. The molecule has 0 aliphatic heterocycles. The van der Waals surface area contributed by atoms with E-state index in [0.29, 0.717) is 18.2 Å². The lowest BCUT2D eigenvalue weighted by Crippen LogP contribution is -2.08. The van der Waals surface area contributed by atoms with Crippen LogP contribution in [0.1, 0.15) is 36.1 Å². The van der Waals surface area contributed by atoms with Gasteiger partial charge in [-0.15, -0.1) is 11.3 Å². The lowest BCUT2D eigenvalue weighted by molar-refractivity contribution is 0.0519. The summed E-state index contributed by atoms with van der Waals surface area (Å²) >= 11 is 1.58. The number of hydrogen-bond acceptors (Lipinski definition) is 4. The van der Waals surface area contributed by atoms with Crippen molar-refractivity contribution in [1.82, 2.24) is 4.98 Å². The quantitative estimate of drug-likeness (QED) is 0.775. The Morgan fingerprint density at radius 1 is 1.30 bits per heavy atom. The molecule has 0 saturated carbocycles. The van der Waals surface area contributed by atoms with Crippen LogP contribution in [0.2, 0.25) is 0 Å². The lowest BCUT2D eigenvalue weighted by Gasteiger charge is -2.04. The highest BCUT2D eigenvalue weighted by Gasteiger charge is 2.20. The number of carbonyl (C=O) groups excluding carboxylic acids is 1. The summed E-state index contributed by atoms with van der Waals surface area (Å²) in [7, 11) is 0. The average molecular weight is 289 g/mol. The number of hydrogen-bond donors (Lipinski definition) is 0. The van der Waals surface area contributed by atoms with Crippen molar-refractivity contribution < 1.29 is 9.53 Å². The largest absolute Gasteiger partial charge is 0.461 e. The second kappa shape index (κ2) is 6.66. The van der Waals surface area contributed by atoms with Gasteiger partial charge in [-0.3, -0.25) is 0 Å². The van der Waals surface area contributed by atoms with Gasteiger partial charge in [0, 0.05) is 10.4 Å². The maximum absolute atomic E-state index is 12.0. The third-order valence-electron chi connectivity index (χ3n) is 2.78. The van der Waals surface area contributed by atoms with E-state index in [9.17, 15) is 4.79 Å². The van der Waals surface area contributed by atoms with Crippen molar-refractivity contribution in [2.45, 2.75) is 27.2 Å². The van der Waals surface area contributed by atoms with Gasteiger partial charge >= 0.3 is 5.97 Å². The number of aromatic nitrogens is 1. The van der Waals surface area contributed by atoms with E-state index in [-0.39, 0.29) is 5.97 Å². The highest BCUT2D eigenvalue weighted by Crippen LogP contribution is 2.30. The highest BCUT2D eigenvalue weighted by atomic mass is 32.1. The number of carbonyl (C=O) groups is 1. The van der Waals surface area contributed by atoms with Gasteiger partial charge in [0.05, 0.1) is 6.61 Å². The number of esters is 1. The molecule has 106 valence electrons. The molecular weight excluding hydrogens is 270 g/mol. The van der Waals surface area contributed by atoms with Crippen molar-refractivity contribution in [3.05, 3.63) is 40.9 Å². The van der Waals surface area contributed by atoms with Gasteiger partial charge < -0.3 is 4.74 Å². The molecule has 0 fully saturated rings. The summed E-state index contributed by atoms with van der Waals surface area (Å²) in [6.45, 7) is 6.45. The zero-order valence-corrected chi connectivity index (χ0v) is 12.9. The summed E-state index contributed by atoms with van der Waals surface area (Å²) in [4.78, 5) is 17.5. The van der Waals surface area contributed by atoms with Crippen LogP contribution >= 0.6 is 11.3 Å². The van der Waals surface area contributed by atoms with Gasteiger partial charge in [-0.25, -0.2) is 9.78 Å². The smallest absolute Gasteiger partial charge is 0.358 e. The first-order valence-corrected chi connectivity index (χ1v) is 7.65. The summed E-state index contributed by atoms with van der Waals surface area (Å²) < 4.78 is 5.10. The first kappa shape index (κ1) is 14.7. The van der Waals surface area contributed by atoms with Crippen molar-refractivity contribution in [2.24, 2.45) is 5.92 Å². The molecular formula is C16H19NO2S. The molecule has 0 atom stereocenters.